The van der Waals surface area contributed by atoms with Gasteiger partial charge in [-0.1, -0.05) is 12.1 Å². The number of likely N-dealkylation sites (tertiary alicyclic amines) is 1. The van der Waals surface area contributed by atoms with Crippen LogP contribution in [0.25, 0.3) is 0 Å². The number of carbonyl (C=O) groups is 1. The summed E-state index contributed by atoms with van der Waals surface area (Å²) in [6, 6.07) is 0. The highest BCUT2D eigenvalue weighted by Gasteiger charge is 2.25. The lowest BCUT2D eigenvalue weighted by Crippen LogP contribution is -2.40. The number of nitrogens with one attached hydrogen (secondary N) is 1. The van der Waals surface area contributed by atoms with E-state index in [4.69, 9.17) is 9.26 Å². The third-order valence-corrected chi connectivity index (χ3v) is 4.22. The normalized spacial score (nSPS) is 16.7. The minimum atomic E-state index is 0.112. The lowest BCUT2D eigenvalue weighted by atomic mass is 9.96. The van der Waals surface area contributed by atoms with Gasteiger partial charge in [0, 0.05) is 25.5 Å². The van der Waals surface area contributed by atoms with Gasteiger partial charge in [-0.25, -0.2) is 0 Å². The summed E-state index contributed by atoms with van der Waals surface area (Å²) in [5.74, 6) is 1.70. The Morgan fingerprint density at radius 2 is 2.17 bits per heavy atom. The molecule has 1 aliphatic rings. The maximum atomic E-state index is 12.2. The molecule has 1 saturated heterocycles. The van der Waals surface area contributed by atoms with E-state index >= 15 is 0 Å². The van der Waals surface area contributed by atoms with Crippen molar-refractivity contribution in [2.75, 3.05) is 26.2 Å². The second kappa shape index (κ2) is 9.74. The summed E-state index contributed by atoms with van der Waals surface area (Å²) in [7, 11) is 0. The quantitative estimate of drug-likeness (QED) is 0.691. The summed E-state index contributed by atoms with van der Waals surface area (Å²) < 4.78 is 10.7. The van der Waals surface area contributed by atoms with Crippen LogP contribution in [-0.4, -0.2) is 53.3 Å². The van der Waals surface area contributed by atoms with Crippen molar-refractivity contribution in [3.05, 3.63) is 11.7 Å². The van der Waals surface area contributed by atoms with Crippen LogP contribution in [-0.2, 0) is 22.5 Å². The molecule has 0 radical (unpaired) electrons. The van der Waals surface area contributed by atoms with Crippen LogP contribution < -0.4 is 5.32 Å². The SMILES string of the molecule is CCc1noc(CN2CCC(C(=O)NCCCOC(C)C)CC2)n1. The summed E-state index contributed by atoms with van der Waals surface area (Å²) >= 11 is 0. The minimum Gasteiger partial charge on any atom is -0.379 e. The lowest BCUT2D eigenvalue weighted by molar-refractivity contribution is -0.126. The van der Waals surface area contributed by atoms with E-state index in [0.29, 0.717) is 25.6 Å². The van der Waals surface area contributed by atoms with Crippen LogP contribution in [0.5, 0.6) is 0 Å². The van der Waals surface area contributed by atoms with Gasteiger partial charge >= 0.3 is 0 Å². The Hall–Kier alpha value is -1.47. The van der Waals surface area contributed by atoms with Crippen LogP contribution in [0.15, 0.2) is 4.52 Å². The van der Waals surface area contributed by atoms with Crippen LogP contribution >= 0.6 is 0 Å². The van der Waals surface area contributed by atoms with Crippen molar-refractivity contribution in [3.8, 4) is 0 Å². The molecule has 1 aliphatic heterocycles. The molecule has 24 heavy (non-hydrogen) atoms. The van der Waals surface area contributed by atoms with Gasteiger partial charge < -0.3 is 14.6 Å². The van der Waals surface area contributed by atoms with E-state index in [-0.39, 0.29) is 17.9 Å². The van der Waals surface area contributed by atoms with Crippen molar-refractivity contribution in [2.45, 2.75) is 59.1 Å². The summed E-state index contributed by atoms with van der Waals surface area (Å²) in [5.41, 5.74) is 0. The Morgan fingerprint density at radius 1 is 1.42 bits per heavy atom. The largest absolute Gasteiger partial charge is 0.379 e. The number of rotatable bonds is 9. The first kappa shape index (κ1) is 18.9. The zero-order valence-corrected chi connectivity index (χ0v) is 15.1. The Balaban J connectivity index is 1.62. The monoisotopic (exact) mass is 338 g/mol. The lowest BCUT2D eigenvalue weighted by Gasteiger charge is -2.30. The number of hydrogen-bond acceptors (Lipinski definition) is 6. The maximum absolute atomic E-state index is 12.2. The summed E-state index contributed by atoms with van der Waals surface area (Å²) in [5, 5.41) is 6.94. The van der Waals surface area contributed by atoms with Crippen LogP contribution in [0.3, 0.4) is 0 Å². The van der Waals surface area contributed by atoms with Crippen LogP contribution in [0, 0.1) is 5.92 Å². The van der Waals surface area contributed by atoms with Gasteiger partial charge in [0.1, 0.15) is 0 Å². The molecule has 0 aliphatic carbocycles. The van der Waals surface area contributed by atoms with Crippen LogP contribution in [0.2, 0.25) is 0 Å². The van der Waals surface area contributed by atoms with Crippen molar-refractivity contribution in [1.82, 2.24) is 20.4 Å². The fourth-order valence-corrected chi connectivity index (χ4v) is 2.79. The summed E-state index contributed by atoms with van der Waals surface area (Å²) in [6.45, 7) is 9.87. The van der Waals surface area contributed by atoms with E-state index in [1.54, 1.807) is 0 Å². The first-order chi connectivity index (χ1) is 11.6. The van der Waals surface area contributed by atoms with E-state index < -0.39 is 0 Å². The molecule has 7 nitrogen and oxygen atoms in total. The van der Waals surface area contributed by atoms with Crippen molar-refractivity contribution in [3.63, 3.8) is 0 Å². The summed E-state index contributed by atoms with van der Waals surface area (Å²) in [6.07, 6.45) is 3.65. The van der Waals surface area contributed by atoms with E-state index in [2.05, 4.69) is 20.4 Å². The third-order valence-electron chi connectivity index (χ3n) is 4.22. The molecule has 7 heteroatoms. The van der Waals surface area contributed by atoms with Crippen LogP contribution in [0.4, 0.5) is 0 Å². The van der Waals surface area contributed by atoms with Gasteiger partial charge in [0.05, 0.1) is 12.6 Å². The molecule has 0 bridgehead atoms. The predicted octanol–water partition coefficient (Wildman–Crippen LogP) is 1.78. The van der Waals surface area contributed by atoms with Crippen molar-refractivity contribution in [2.24, 2.45) is 5.92 Å². The first-order valence-electron chi connectivity index (χ1n) is 9.01. The molecule has 0 atom stereocenters. The average Bonchev–Trinajstić information content (AvgIpc) is 3.02. The Bertz CT molecular complexity index is 496. The molecular weight excluding hydrogens is 308 g/mol. The number of nitrogens with zero attached hydrogens (tertiary/aromatic N) is 3. The second-order valence-electron chi connectivity index (χ2n) is 6.57. The number of amides is 1. The van der Waals surface area contributed by atoms with Gasteiger partial charge in [-0.3, -0.25) is 9.69 Å². The number of aromatic nitrogens is 2. The van der Waals surface area contributed by atoms with Crippen LogP contribution in [0.1, 0.15) is 51.7 Å². The number of hydrogen-bond donors (Lipinski definition) is 1. The van der Waals surface area contributed by atoms with E-state index in [1.165, 1.54) is 0 Å². The van der Waals surface area contributed by atoms with E-state index in [0.717, 1.165) is 44.6 Å². The fraction of sp³-hybridized carbons (Fsp3) is 0.824. The third kappa shape index (κ3) is 6.20. The number of piperidine rings is 1. The summed E-state index contributed by atoms with van der Waals surface area (Å²) in [4.78, 5) is 18.8. The number of ether oxygens (including phenoxy) is 1. The van der Waals surface area contributed by atoms with Gasteiger partial charge in [-0.2, -0.15) is 4.98 Å². The number of aryl methyl sites for hydroxylation is 1. The van der Waals surface area contributed by atoms with Crippen molar-refractivity contribution >= 4 is 5.91 Å². The highest BCUT2D eigenvalue weighted by molar-refractivity contribution is 5.78. The predicted molar refractivity (Wildman–Crippen MR) is 90.4 cm³/mol. The topological polar surface area (TPSA) is 80.5 Å². The average molecular weight is 338 g/mol. The molecule has 0 aromatic carbocycles. The molecule has 1 fully saturated rings. The molecular formula is C17H30N4O3. The zero-order chi connectivity index (χ0) is 17.4. The highest BCUT2D eigenvalue weighted by atomic mass is 16.5. The molecule has 2 heterocycles. The van der Waals surface area contributed by atoms with Gasteiger partial charge in [0.2, 0.25) is 11.8 Å². The molecule has 0 spiro atoms. The fourth-order valence-electron chi connectivity index (χ4n) is 2.79. The Labute approximate surface area is 144 Å². The molecule has 1 N–H and O–H groups in total. The Morgan fingerprint density at radius 3 is 2.79 bits per heavy atom. The molecule has 0 saturated carbocycles. The Kier molecular flexibility index (Phi) is 7.65. The van der Waals surface area contributed by atoms with Gasteiger partial charge in [0.25, 0.3) is 0 Å². The molecule has 1 aromatic rings. The maximum Gasteiger partial charge on any atom is 0.240 e. The molecule has 0 unspecified atom stereocenters. The van der Waals surface area contributed by atoms with Gasteiger partial charge in [-0.15, -0.1) is 0 Å². The zero-order valence-electron chi connectivity index (χ0n) is 15.1. The second-order valence-corrected chi connectivity index (χ2v) is 6.57. The van der Waals surface area contributed by atoms with Gasteiger partial charge in [-0.05, 0) is 46.2 Å². The molecule has 1 amide bonds. The van der Waals surface area contributed by atoms with E-state index in [9.17, 15) is 4.79 Å². The van der Waals surface area contributed by atoms with Crippen molar-refractivity contribution < 1.29 is 14.1 Å². The van der Waals surface area contributed by atoms with Crippen molar-refractivity contribution in [1.29, 1.82) is 0 Å². The molecule has 136 valence electrons. The smallest absolute Gasteiger partial charge is 0.240 e. The molecule has 2 rings (SSSR count). The number of carbonyl (C=O) groups excluding carboxylic acids is 1. The first-order valence-corrected chi connectivity index (χ1v) is 9.01. The van der Waals surface area contributed by atoms with Gasteiger partial charge in [0.15, 0.2) is 5.82 Å². The van der Waals surface area contributed by atoms with E-state index in [1.807, 2.05) is 20.8 Å². The standard InChI is InChI=1S/C17H30N4O3/c1-4-15-19-16(24-20-15)12-21-9-6-14(7-10-21)17(22)18-8-5-11-23-13(2)3/h13-14H,4-12H2,1-3H3,(H,18,22). The molecule has 1 aromatic heterocycles. The minimum absolute atomic E-state index is 0.112. The highest BCUT2D eigenvalue weighted by Crippen LogP contribution is 2.18.